The zero-order chi connectivity index (χ0) is 18.0. The molecule has 0 atom stereocenters. The lowest BCUT2D eigenvalue weighted by Crippen LogP contribution is -2.38. The second kappa shape index (κ2) is 10.5. The van der Waals surface area contributed by atoms with Crippen molar-refractivity contribution < 1.29 is 9.47 Å². The summed E-state index contributed by atoms with van der Waals surface area (Å²) in [6.45, 7) is 7.72. The summed E-state index contributed by atoms with van der Waals surface area (Å²) in [4.78, 5) is 10.2. The van der Waals surface area contributed by atoms with E-state index in [9.17, 15) is 0 Å². The molecule has 0 spiro atoms. The Labute approximate surface area is 158 Å². The lowest BCUT2D eigenvalue weighted by Gasteiger charge is -2.21. The van der Waals surface area contributed by atoms with Crippen LogP contribution < -0.4 is 10.6 Å². The lowest BCUT2D eigenvalue weighted by atomic mass is 10.0. The maximum Gasteiger partial charge on any atom is 0.193 e. The van der Waals surface area contributed by atoms with Crippen molar-refractivity contribution in [3.8, 4) is 0 Å². The Kier molecular flexibility index (Phi) is 7.72. The first-order chi connectivity index (χ1) is 12.8. The summed E-state index contributed by atoms with van der Waals surface area (Å²) in [5, 5.41) is 8.67. The number of imidazole rings is 1. The van der Waals surface area contributed by atoms with Gasteiger partial charge in [0.05, 0.1) is 12.2 Å². The SMILES string of the molecule is CCNC(=NCc1cn2ccsc2n1)NCCCOCC1CCOCC1. The van der Waals surface area contributed by atoms with Gasteiger partial charge in [0.1, 0.15) is 0 Å². The minimum absolute atomic E-state index is 0.573. The molecule has 0 aliphatic carbocycles. The number of aromatic nitrogens is 2. The number of nitrogens with one attached hydrogen (secondary N) is 2. The average Bonchev–Trinajstić information content (AvgIpc) is 3.25. The van der Waals surface area contributed by atoms with E-state index in [0.717, 1.165) is 75.4 Å². The number of hydrogen-bond donors (Lipinski definition) is 2. The Morgan fingerprint density at radius 3 is 3.12 bits per heavy atom. The first kappa shape index (κ1) is 19.1. The van der Waals surface area contributed by atoms with Gasteiger partial charge in [0.2, 0.25) is 0 Å². The Morgan fingerprint density at radius 2 is 2.31 bits per heavy atom. The summed E-state index contributed by atoms with van der Waals surface area (Å²) in [5.74, 6) is 1.49. The Hall–Kier alpha value is -1.64. The molecule has 1 aliphatic rings. The third-order valence-electron chi connectivity index (χ3n) is 4.34. The van der Waals surface area contributed by atoms with Gasteiger partial charge in [-0.25, -0.2) is 9.98 Å². The number of hydrogen-bond acceptors (Lipinski definition) is 5. The average molecular weight is 380 g/mol. The van der Waals surface area contributed by atoms with Gasteiger partial charge >= 0.3 is 0 Å². The largest absolute Gasteiger partial charge is 0.381 e. The van der Waals surface area contributed by atoms with Crippen LogP contribution in [-0.2, 0) is 16.0 Å². The smallest absolute Gasteiger partial charge is 0.193 e. The summed E-state index contributed by atoms with van der Waals surface area (Å²) in [6.07, 6.45) is 7.27. The number of fused-ring (bicyclic) bond motifs is 1. The molecule has 1 saturated heterocycles. The van der Waals surface area contributed by atoms with Crippen LogP contribution >= 0.6 is 11.3 Å². The van der Waals surface area contributed by atoms with Crippen molar-refractivity contribution in [1.29, 1.82) is 0 Å². The van der Waals surface area contributed by atoms with E-state index in [1.807, 2.05) is 22.2 Å². The molecule has 144 valence electrons. The van der Waals surface area contributed by atoms with E-state index in [-0.39, 0.29) is 0 Å². The Bertz CT molecular complexity index is 649. The van der Waals surface area contributed by atoms with Crippen molar-refractivity contribution in [1.82, 2.24) is 20.0 Å². The summed E-state index contributed by atoms with van der Waals surface area (Å²) in [5.41, 5.74) is 0.980. The molecule has 0 saturated carbocycles. The quantitative estimate of drug-likeness (QED) is 0.397. The van der Waals surface area contributed by atoms with Crippen LogP contribution in [0.4, 0.5) is 0 Å². The van der Waals surface area contributed by atoms with Crippen LogP contribution in [0.25, 0.3) is 4.96 Å². The molecule has 0 radical (unpaired) electrons. The van der Waals surface area contributed by atoms with E-state index in [2.05, 4.69) is 27.5 Å². The molecular formula is C18H29N5O2S. The highest BCUT2D eigenvalue weighted by Crippen LogP contribution is 2.14. The number of ether oxygens (including phenoxy) is 2. The third kappa shape index (κ3) is 5.96. The summed E-state index contributed by atoms with van der Waals surface area (Å²) in [6, 6.07) is 0. The number of rotatable bonds is 9. The molecule has 0 bridgehead atoms. The summed E-state index contributed by atoms with van der Waals surface area (Å²) in [7, 11) is 0. The van der Waals surface area contributed by atoms with Crippen LogP contribution in [0.5, 0.6) is 0 Å². The van der Waals surface area contributed by atoms with Gasteiger partial charge in [0.25, 0.3) is 0 Å². The maximum atomic E-state index is 5.80. The van der Waals surface area contributed by atoms with Gasteiger partial charge < -0.3 is 20.1 Å². The van der Waals surface area contributed by atoms with Crippen molar-refractivity contribution in [2.45, 2.75) is 32.7 Å². The maximum absolute atomic E-state index is 5.80. The highest BCUT2D eigenvalue weighted by Gasteiger charge is 2.13. The van der Waals surface area contributed by atoms with Crippen molar-refractivity contribution in [2.75, 3.05) is 39.5 Å². The third-order valence-corrected chi connectivity index (χ3v) is 5.11. The van der Waals surface area contributed by atoms with Crippen LogP contribution in [0.15, 0.2) is 22.8 Å². The van der Waals surface area contributed by atoms with Gasteiger partial charge in [0, 0.05) is 57.3 Å². The molecule has 2 N–H and O–H groups in total. The molecule has 2 aromatic rings. The van der Waals surface area contributed by atoms with E-state index >= 15 is 0 Å². The first-order valence-electron chi connectivity index (χ1n) is 9.44. The lowest BCUT2D eigenvalue weighted by molar-refractivity contribution is 0.0203. The minimum Gasteiger partial charge on any atom is -0.381 e. The molecule has 0 aromatic carbocycles. The van der Waals surface area contributed by atoms with Crippen LogP contribution in [0.3, 0.4) is 0 Å². The van der Waals surface area contributed by atoms with Gasteiger partial charge in [-0.15, -0.1) is 11.3 Å². The molecule has 0 amide bonds. The molecule has 26 heavy (non-hydrogen) atoms. The standard InChI is InChI=1S/C18H29N5O2S/c1-2-19-17(21-12-16-13-23-7-11-26-18(23)22-16)20-6-3-8-25-14-15-4-9-24-10-5-15/h7,11,13,15H,2-6,8-10,12,14H2,1H3,(H2,19,20,21). The number of guanidine groups is 1. The number of thiazole rings is 1. The zero-order valence-corrected chi connectivity index (χ0v) is 16.3. The van der Waals surface area contributed by atoms with Gasteiger partial charge in [-0.3, -0.25) is 4.40 Å². The fraction of sp³-hybridized carbons (Fsp3) is 0.667. The van der Waals surface area contributed by atoms with Crippen LogP contribution in [-0.4, -0.2) is 54.9 Å². The Balaban J connectivity index is 1.34. The first-order valence-corrected chi connectivity index (χ1v) is 10.3. The molecule has 3 heterocycles. The van der Waals surface area contributed by atoms with Crippen molar-refractivity contribution in [2.24, 2.45) is 10.9 Å². The molecule has 1 aliphatic heterocycles. The molecule has 8 heteroatoms. The van der Waals surface area contributed by atoms with Gasteiger partial charge in [-0.05, 0) is 32.1 Å². The van der Waals surface area contributed by atoms with Gasteiger partial charge in [0.15, 0.2) is 10.9 Å². The molecule has 3 rings (SSSR count). The number of aliphatic imine (C=N–C) groups is 1. The zero-order valence-electron chi connectivity index (χ0n) is 15.4. The van der Waals surface area contributed by atoms with Gasteiger partial charge in [-0.1, -0.05) is 0 Å². The van der Waals surface area contributed by atoms with E-state index in [1.165, 1.54) is 0 Å². The Morgan fingerprint density at radius 1 is 1.42 bits per heavy atom. The molecule has 1 fully saturated rings. The normalized spacial score (nSPS) is 16.3. The van der Waals surface area contributed by atoms with Gasteiger partial charge in [-0.2, -0.15) is 0 Å². The number of nitrogens with zero attached hydrogens (tertiary/aromatic N) is 3. The van der Waals surface area contributed by atoms with Crippen molar-refractivity contribution in [3.63, 3.8) is 0 Å². The summed E-state index contributed by atoms with van der Waals surface area (Å²) >= 11 is 1.64. The van der Waals surface area contributed by atoms with Crippen LogP contribution in [0.2, 0.25) is 0 Å². The predicted molar refractivity (Wildman–Crippen MR) is 105 cm³/mol. The molecule has 2 aromatic heterocycles. The fourth-order valence-electron chi connectivity index (χ4n) is 2.90. The van der Waals surface area contributed by atoms with Crippen molar-refractivity contribution >= 4 is 22.3 Å². The monoisotopic (exact) mass is 379 g/mol. The molecule has 0 unspecified atom stereocenters. The fourth-order valence-corrected chi connectivity index (χ4v) is 3.62. The molecular weight excluding hydrogens is 350 g/mol. The predicted octanol–water partition coefficient (Wildman–Crippen LogP) is 2.28. The second-order valence-electron chi connectivity index (χ2n) is 6.43. The van der Waals surface area contributed by atoms with Crippen LogP contribution in [0, 0.1) is 5.92 Å². The van der Waals surface area contributed by atoms with Crippen molar-refractivity contribution in [3.05, 3.63) is 23.5 Å². The van der Waals surface area contributed by atoms with Crippen LogP contribution in [0.1, 0.15) is 31.9 Å². The highest BCUT2D eigenvalue weighted by atomic mass is 32.1. The van der Waals surface area contributed by atoms with E-state index in [1.54, 1.807) is 11.3 Å². The molecule has 7 nitrogen and oxygen atoms in total. The topological polar surface area (TPSA) is 72.2 Å². The van der Waals surface area contributed by atoms with E-state index in [0.29, 0.717) is 12.5 Å². The second-order valence-corrected chi connectivity index (χ2v) is 7.30. The highest BCUT2D eigenvalue weighted by molar-refractivity contribution is 7.15. The minimum atomic E-state index is 0.573. The van der Waals surface area contributed by atoms with E-state index < -0.39 is 0 Å². The summed E-state index contributed by atoms with van der Waals surface area (Å²) < 4.78 is 13.2. The van der Waals surface area contributed by atoms with E-state index in [4.69, 9.17) is 9.47 Å².